The lowest BCUT2D eigenvalue weighted by Crippen LogP contribution is -2.59. The predicted molar refractivity (Wildman–Crippen MR) is 388 cm³/mol. The summed E-state index contributed by atoms with van der Waals surface area (Å²) in [5.41, 5.74) is 4.45. The highest BCUT2D eigenvalue weighted by atomic mass is 33.1. The number of benzene rings is 2. The second kappa shape index (κ2) is 58.0. The zero-order chi connectivity index (χ0) is 75.0. The number of H-pyrrole nitrogens is 1. The standard InChI is InChI=1S/C70H111N9O24S2/c1-53(80)74-58-51-102-60(69(87)68(58)86)52-103-65(85)19-49-105-104-48-9-15-63(83)75-57(70(88)73-21-16-61(81)72-22-17-64(84)79-50-54-10-3-4-11-55(54)66-67(77-78-76-66)56-12-5-6-14-59(56)79)13-7-8-20-71-62(82)18-23-90-26-27-92-30-31-94-34-35-96-38-39-98-42-43-100-46-47-101-45-44-99-41-40-97-37-36-95-33-32-93-29-28-91-25-24-89-2/h3-6,10-12,14,57-58,60,68-69,86-87H,7-9,13,15-52H2,1-2H3,(H,71,82)(H,72,81)(H,73,88)(H,74,80)(H,75,83)(H,76,77,78)/t57-,58-,60+,68+,69+/m0/s1. The van der Waals surface area contributed by atoms with Gasteiger partial charge in [-0.2, -0.15) is 15.4 Å². The van der Waals surface area contributed by atoms with E-state index in [4.69, 9.17) is 71.1 Å². The van der Waals surface area contributed by atoms with Crippen molar-refractivity contribution in [2.24, 2.45) is 0 Å². The molecule has 5 atom stereocenters. The molecule has 0 bridgehead atoms. The van der Waals surface area contributed by atoms with Crippen LogP contribution in [0.15, 0.2) is 48.5 Å². The Kier molecular flexibility index (Phi) is 49.5. The minimum atomic E-state index is -1.36. The van der Waals surface area contributed by atoms with Gasteiger partial charge >= 0.3 is 5.97 Å². The number of hydrogen-bond acceptors (Lipinski definition) is 28. The minimum Gasteiger partial charge on any atom is -0.463 e. The van der Waals surface area contributed by atoms with Gasteiger partial charge in [-0.25, -0.2) is 0 Å². The summed E-state index contributed by atoms with van der Waals surface area (Å²) in [5, 5.41) is 46.1. The number of aromatic amines is 1. The monoisotopic (exact) mass is 1530 g/mol. The summed E-state index contributed by atoms with van der Waals surface area (Å²) in [4.78, 5) is 91.9. The lowest BCUT2D eigenvalue weighted by Gasteiger charge is -2.37. The van der Waals surface area contributed by atoms with Crippen LogP contribution in [0.25, 0.3) is 22.5 Å². The molecule has 5 rings (SSSR count). The van der Waals surface area contributed by atoms with Gasteiger partial charge in [0.25, 0.3) is 0 Å². The average molecular weight is 1530 g/mol. The fourth-order valence-corrected chi connectivity index (χ4v) is 12.2. The van der Waals surface area contributed by atoms with Crippen LogP contribution in [0.3, 0.4) is 0 Å². The van der Waals surface area contributed by atoms with Crippen LogP contribution in [0.1, 0.15) is 70.3 Å². The molecule has 1 fully saturated rings. The Morgan fingerprint density at radius 3 is 1.58 bits per heavy atom. The number of anilines is 1. The van der Waals surface area contributed by atoms with Gasteiger partial charge < -0.3 is 113 Å². The fraction of sp³-hybridized carbons (Fsp3) is 0.700. The molecule has 33 nitrogen and oxygen atoms in total. The number of fused-ring (bicyclic) bond motifs is 5. The third-order valence-electron chi connectivity index (χ3n) is 15.6. The highest BCUT2D eigenvalue weighted by Crippen LogP contribution is 2.40. The molecule has 0 unspecified atom stereocenters. The van der Waals surface area contributed by atoms with E-state index in [1.165, 1.54) is 28.5 Å². The van der Waals surface area contributed by atoms with Crippen molar-refractivity contribution in [3.63, 3.8) is 0 Å². The molecule has 0 radical (unpaired) electrons. The topological polar surface area (TPSA) is 403 Å². The Morgan fingerprint density at radius 2 is 1.02 bits per heavy atom. The summed E-state index contributed by atoms with van der Waals surface area (Å²) < 4.78 is 81.7. The van der Waals surface area contributed by atoms with Crippen molar-refractivity contribution in [2.75, 3.05) is 222 Å². The van der Waals surface area contributed by atoms with Gasteiger partial charge in [0, 0.05) is 82.0 Å². The average Bonchev–Trinajstić information content (AvgIpc) is 1.53. The summed E-state index contributed by atoms with van der Waals surface area (Å²) in [6.45, 7) is 12.7. The Labute approximate surface area is 622 Å². The number of carbonyl (C=O) groups excluding carboxylic acids is 7. The molecule has 1 saturated heterocycles. The number of nitrogens with zero attached hydrogens (tertiary/aromatic N) is 3. The first kappa shape index (κ1) is 89.6. The first-order valence-electron chi connectivity index (χ1n) is 35.9. The Morgan fingerprint density at radius 1 is 0.533 bits per heavy atom. The number of aliphatic hydroxyl groups is 2. The third-order valence-corrected chi connectivity index (χ3v) is 18.1. The molecule has 0 saturated carbocycles. The van der Waals surface area contributed by atoms with E-state index in [1.54, 1.807) is 12.0 Å². The van der Waals surface area contributed by atoms with E-state index < -0.39 is 42.3 Å². The maximum Gasteiger partial charge on any atom is 0.306 e. The van der Waals surface area contributed by atoms with Gasteiger partial charge in [0.1, 0.15) is 42.3 Å². The number of hydrogen-bond donors (Lipinski definition) is 8. The molecule has 6 amide bonds. The number of unbranched alkanes of at least 4 members (excludes halogenated alkanes) is 1. The Balaban J connectivity index is 0.854. The number of carbonyl (C=O) groups is 7. The Hall–Kier alpha value is -6.07. The van der Waals surface area contributed by atoms with Crippen LogP contribution in [0.2, 0.25) is 0 Å². The summed E-state index contributed by atoms with van der Waals surface area (Å²) in [7, 11) is 4.51. The van der Waals surface area contributed by atoms with E-state index in [2.05, 4.69) is 42.0 Å². The number of ether oxygens (including phenoxy) is 15. The van der Waals surface area contributed by atoms with E-state index in [9.17, 15) is 43.8 Å². The molecule has 3 heterocycles. The summed E-state index contributed by atoms with van der Waals surface area (Å²) in [6.07, 6.45) is -1.65. The minimum absolute atomic E-state index is 0.000823. The molecule has 0 spiro atoms. The summed E-state index contributed by atoms with van der Waals surface area (Å²) in [5.74, 6) is -1.56. The van der Waals surface area contributed by atoms with Gasteiger partial charge in [-0.15, -0.1) is 0 Å². The second-order valence-electron chi connectivity index (χ2n) is 23.7. The van der Waals surface area contributed by atoms with Crippen molar-refractivity contribution in [2.45, 2.75) is 102 Å². The lowest BCUT2D eigenvalue weighted by atomic mass is 9.96. The largest absolute Gasteiger partial charge is 0.463 e. The molecule has 2 aliphatic rings. The number of esters is 1. The van der Waals surface area contributed by atoms with Gasteiger partial charge in [-0.1, -0.05) is 64.1 Å². The second-order valence-corrected chi connectivity index (χ2v) is 26.4. The lowest BCUT2D eigenvalue weighted by molar-refractivity contribution is -0.177. The van der Waals surface area contributed by atoms with E-state index in [0.29, 0.717) is 213 Å². The molecule has 2 aromatic carbocycles. The van der Waals surface area contributed by atoms with Crippen molar-refractivity contribution in [3.05, 3.63) is 54.1 Å². The molecule has 35 heteroatoms. The number of amides is 6. The molecule has 1 aromatic heterocycles. The number of aliphatic hydroxyl groups excluding tert-OH is 2. The van der Waals surface area contributed by atoms with Crippen molar-refractivity contribution in [1.29, 1.82) is 0 Å². The predicted octanol–water partition coefficient (Wildman–Crippen LogP) is 1.73. The van der Waals surface area contributed by atoms with Crippen LogP contribution >= 0.6 is 21.6 Å². The van der Waals surface area contributed by atoms with Crippen molar-refractivity contribution >= 4 is 68.7 Å². The van der Waals surface area contributed by atoms with Crippen LogP contribution in [-0.2, 0) is 111 Å². The van der Waals surface area contributed by atoms with Crippen molar-refractivity contribution < 1.29 is 115 Å². The highest BCUT2D eigenvalue weighted by molar-refractivity contribution is 8.76. The van der Waals surface area contributed by atoms with Crippen LogP contribution in [0.4, 0.5) is 5.69 Å². The number of aromatic nitrogens is 3. The molecule has 8 N–H and O–H groups in total. The zero-order valence-corrected chi connectivity index (χ0v) is 62.4. The zero-order valence-electron chi connectivity index (χ0n) is 60.7. The smallest absolute Gasteiger partial charge is 0.306 e. The van der Waals surface area contributed by atoms with E-state index in [1.807, 2.05) is 48.5 Å². The van der Waals surface area contributed by atoms with E-state index in [-0.39, 0.29) is 108 Å². The maximum atomic E-state index is 13.9. The van der Waals surface area contributed by atoms with E-state index >= 15 is 0 Å². The maximum absolute atomic E-state index is 13.9. The Bertz CT molecular complexity index is 2880. The van der Waals surface area contributed by atoms with Gasteiger partial charge in [0.15, 0.2) is 0 Å². The SMILES string of the molecule is COCCOCCOCCOCCOCCOCCOCCOCCOCCOCCOCCOCCOCCC(=O)NCCCC[C@H](NC(=O)CCCSSCCC(=O)OC[C@H]1OC[C@H](NC(C)=O)[C@@H](O)[C@@H]1O)C(=O)NCCC(=O)NCCC(=O)N1Cc2ccccc2-c2n[nH]nc2-c2ccccc21. The van der Waals surface area contributed by atoms with Crippen LogP contribution in [-0.4, -0.2) is 314 Å². The molecule has 592 valence electrons. The number of rotatable bonds is 63. The number of methoxy groups -OCH3 is 1. The molecule has 105 heavy (non-hydrogen) atoms. The van der Waals surface area contributed by atoms with Crippen LogP contribution in [0.5, 0.6) is 0 Å². The highest BCUT2D eigenvalue weighted by Gasteiger charge is 2.39. The van der Waals surface area contributed by atoms with Gasteiger partial charge in [0.05, 0.1) is 196 Å². The van der Waals surface area contributed by atoms with Gasteiger partial charge in [0.2, 0.25) is 35.4 Å². The fourth-order valence-electron chi connectivity index (χ4n) is 10.2. The van der Waals surface area contributed by atoms with Crippen molar-refractivity contribution in [3.8, 4) is 22.5 Å². The molecule has 0 aliphatic carbocycles. The quantitative estimate of drug-likeness (QED) is 0.0227. The summed E-state index contributed by atoms with van der Waals surface area (Å²) in [6, 6.07) is 13.4. The molecule has 2 aliphatic heterocycles. The molecular weight excluding hydrogens is 1410 g/mol. The normalized spacial score (nSPS) is 15.7. The number of nitrogens with one attached hydrogen (secondary N) is 6. The third kappa shape index (κ3) is 40.1. The van der Waals surface area contributed by atoms with E-state index in [0.717, 1.165) is 16.7 Å². The van der Waals surface area contributed by atoms with Gasteiger partial charge in [-0.3, -0.25) is 33.6 Å². The first-order chi connectivity index (χ1) is 51.4. The van der Waals surface area contributed by atoms with Gasteiger partial charge in [-0.05, 0) is 37.3 Å². The first-order valence-corrected chi connectivity index (χ1v) is 38.4. The summed E-state index contributed by atoms with van der Waals surface area (Å²) >= 11 is 0. The molecule has 3 aromatic rings. The van der Waals surface area contributed by atoms with Crippen LogP contribution < -0.4 is 31.5 Å². The molecular formula is C70H111N9O24S2. The van der Waals surface area contributed by atoms with Crippen LogP contribution in [0, 0.1) is 0 Å². The number of para-hydroxylation sites is 1. The van der Waals surface area contributed by atoms with Crippen molar-refractivity contribution in [1.82, 2.24) is 42.0 Å².